The fraction of sp³-hybridized carbons (Fsp3) is 0.500. The van der Waals surface area contributed by atoms with E-state index >= 15 is 0 Å². The van der Waals surface area contributed by atoms with Crippen LogP contribution in [-0.4, -0.2) is 6.04 Å². The summed E-state index contributed by atoms with van der Waals surface area (Å²) in [6, 6.07) is 4.46. The van der Waals surface area contributed by atoms with Gasteiger partial charge in [-0.1, -0.05) is 19.3 Å². The highest BCUT2D eigenvalue weighted by molar-refractivity contribution is 9.10. The first-order chi connectivity index (χ1) is 9.11. The van der Waals surface area contributed by atoms with Crippen LogP contribution in [0.4, 0.5) is 14.5 Å². The molecule has 1 aliphatic carbocycles. The van der Waals surface area contributed by atoms with E-state index < -0.39 is 11.6 Å². The summed E-state index contributed by atoms with van der Waals surface area (Å²) in [4.78, 5) is 0. The molecule has 0 radical (unpaired) electrons. The predicted molar refractivity (Wildman–Crippen MR) is 73.7 cm³/mol. The molecule has 1 aliphatic rings. The highest BCUT2D eigenvalue weighted by Gasteiger charge is 2.24. The number of rotatable bonds is 2. The van der Waals surface area contributed by atoms with Gasteiger partial charge in [0.2, 0.25) is 0 Å². The quantitative estimate of drug-likeness (QED) is 0.635. The van der Waals surface area contributed by atoms with Crippen molar-refractivity contribution >= 4 is 21.6 Å². The van der Waals surface area contributed by atoms with Crippen LogP contribution in [-0.2, 0) is 0 Å². The van der Waals surface area contributed by atoms with Crippen molar-refractivity contribution in [3.63, 3.8) is 0 Å². The molecular formula is C14H15BrF2N2. The van der Waals surface area contributed by atoms with Gasteiger partial charge >= 0.3 is 0 Å². The molecule has 0 spiro atoms. The van der Waals surface area contributed by atoms with E-state index in [4.69, 9.17) is 0 Å². The highest BCUT2D eigenvalue weighted by atomic mass is 79.9. The van der Waals surface area contributed by atoms with Gasteiger partial charge in [0.25, 0.3) is 0 Å². The molecular weight excluding hydrogens is 314 g/mol. The number of anilines is 1. The van der Waals surface area contributed by atoms with E-state index in [1.165, 1.54) is 6.07 Å². The molecule has 2 rings (SSSR count). The smallest absolute Gasteiger partial charge is 0.149 e. The number of nitriles is 1. The monoisotopic (exact) mass is 328 g/mol. The molecule has 0 bridgehead atoms. The van der Waals surface area contributed by atoms with Gasteiger partial charge < -0.3 is 5.32 Å². The summed E-state index contributed by atoms with van der Waals surface area (Å²) in [5.41, 5.74) is 0.250. The van der Waals surface area contributed by atoms with Crippen molar-refractivity contribution in [1.82, 2.24) is 0 Å². The van der Waals surface area contributed by atoms with Gasteiger partial charge in [-0.15, -0.1) is 0 Å². The summed E-state index contributed by atoms with van der Waals surface area (Å²) in [7, 11) is 0. The molecule has 5 heteroatoms. The van der Waals surface area contributed by atoms with Gasteiger partial charge in [-0.2, -0.15) is 5.26 Å². The van der Waals surface area contributed by atoms with E-state index in [1.807, 2.05) is 0 Å². The minimum Gasteiger partial charge on any atom is -0.379 e. The Morgan fingerprint density at radius 1 is 1.16 bits per heavy atom. The maximum atomic E-state index is 13.7. The van der Waals surface area contributed by atoms with Crippen molar-refractivity contribution in [2.45, 2.75) is 38.1 Å². The normalized spacial score (nSPS) is 23.5. The van der Waals surface area contributed by atoms with Crippen LogP contribution in [0, 0.1) is 28.9 Å². The van der Waals surface area contributed by atoms with E-state index in [0.29, 0.717) is 0 Å². The average Bonchev–Trinajstić information content (AvgIpc) is 2.61. The second-order valence-corrected chi connectivity index (χ2v) is 5.72. The standard InChI is InChI=1S/C14H15BrF2N2/c15-10-6-14(12(17)7-11(10)16)19-13-5-3-1-2-4-9(13)8-18/h6-7,9,13,19H,1-5H2. The third-order valence-electron chi connectivity index (χ3n) is 3.53. The van der Waals surface area contributed by atoms with Crippen LogP contribution in [0.15, 0.2) is 16.6 Å². The van der Waals surface area contributed by atoms with Crippen LogP contribution in [0.1, 0.15) is 32.1 Å². The number of benzene rings is 1. The summed E-state index contributed by atoms with van der Waals surface area (Å²) in [5, 5.41) is 12.2. The SMILES string of the molecule is N#CC1CCCCCC1Nc1cc(Br)c(F)cc1F. The van der Waals surface area contributed by atoms with Crippen LogP contribution >= 0.6 is 15.9 Å². The van der Waals surface area contributed by atoms with Crippen molar-refractivity contribution in [2.24, 2.45) is 5.92 Å². The fourth-order valence-electron chi connectivity index (χ4n) is 2.47. The Labute approximate surface area is 119 Å². The van der Waals surface area contributed by atoms with Gasteiger partial charge in [0, 0.05) is 12.1 Å². The maximum absolute atomic E-state index is 13.7. The maximum Gasteiger partial charge on any atom is 0.149 e. The van der Waals surface area contributed by atoms with Crippen molar-refractivity contribution < 1.29 is 8.78 Å². The van der Waals surface area contributed by atoms with Gasteiger partial charge in [-0.05, 0) is 34.8 Å². The molecule has 1 N–H and O–H groups in total. The lowest BCUT2D eigenvalue weighted by Crippen LogP contribution is -2.27. The number of hydrogen-bond acceptors (Lipinski definition) is 2. The van der Waals surface area contributed by atoms with Crippen LogP contribution in [0.2, 0.25) is 0 Å². The zero-order valence-corrected chi connectivity index (χ0v) is 12.0. The van der Waals surface area contributed by atoms with Crippen LogP contribution in [0.5, 0.6) is 0 Å². The van der Waals surface area contributed by atoms with Gasteiger partial charge in [0.15, 0.2) is 0 Å². The molecule has 0 aliphatic heterocycles. The average molecular weight is 329 g/mol. The topological polar surface area (TPSA) is 35.8 Å². The number of hydrogen-bond donors (Lipinski definition) is 1. The van der Waals surface area contributed by atoms with Crippen molar-refractivity contribution in [3.8, 4) is 6.07 Å². The van der Waals surface area contributed by atoms with E-state index in [9.17, 15) is 14.0 Å². The minimum absolute atomic E-state index is 0.0700. The van der Waals surface area contributed by atoms with Crippen molar-refractivity contribution in [2.75, 3.05) is 5.32 Å². The van der Waals surface area contributed by atoms with Crippen LogP contribution in [0.25, 0.3) is 0 Å². The molecule has 1 fully saturated rings. The Morgan fingerprint density at radius 3 is 2.63 bits per heavy atom. The molecule has 2 atom stereocenters. The molecule has 19 heavy (non-hydrogen) atoms. The second kappa shape index (κ2) is 6.33. The molecule has 102 valence electrons. The third kappa shape index (κ3) is 3.44. The lowest BCUT2D eigenvalue weighted by molar-refractivity contribution is 0.508. The Hall–Kier alpha value is -1.15. The van der Waals surface area contributed by atoms with Crippen molar-refractivity contribution in [1.29, 1.82) is 5.26 Å². The lowest BCUT2D eigenvalue weighted by atomic mass is 9.96. The van der Waals surface area contributed by atoms with Crippen LogP contribution in [0.3, 0.4) is 0 Å². The van der Waals surface area contributed by atoms with Gasteiger partial charge in [0.1, 0.15) is 11.6 Å². The Morgan fingerprint density at radius 2 is 1.89 bits per heavy atom. The van der Waals surface area contributed by atoms with Gasteiger partial charge in [0.05, 0.1) is 22.1 Å². The largest absolute Gasteiger partial charge is 0.379 e. The molecule has 0 saturated heterocycles. The van der Waals surface area contributed by atoms with Gasteiger partial charge in [-0.25, -0.2) is 8.78 Å². The Bertz CT molecular complexity index is 499. The molecule has 0 amide bonds. The molecule has 1 aromatic carbocycles. The third-order valence-corrected chi connectivity index (χ3v) is 4.14. The Kier molecular flexibility index (Phi) is 4.76. The predicted octanol–water partition coefficient (Wildman–Crippen LogP) is 4.61. The molecule has 2 unspecified atom stereocenters. The first-order valence-electron chi connectivity index (χ1n) is 6.42. The Balaban J connectivity index is 2.19. The lowest BCUT2D eigenvalue weighted by Gasteiger charge is -2.22. The van der Waals surface area contributed by atoms with E-state index in [-0.39, 0.29) is 22.1 Å². The second-order valence-electron chi connectivity index (χ2n) is 4.87. The fourth-order valence-corrected chi connectivity index (χ4v) is 2.81. The number of halogens is 3. The molecule has 1 saturated carbocycles. The van der Waals surface area contributed by atoms with E-state index in [0.717, 1.165) is 38.2 Å². The molecule has 0 aromatic heterocycles. The first-order valence-corrected chi connectivity index (χ1v) is 7.22. The zero-order chi connectivity index (χ0) is 13.8. The molecule has 2 nitrogen and oxygen atoms in total. The summed E-state index contributed by atoms with van der Waals surface area (Å²) in [6.45, 7) is 0. The summed E-state index contributed by atoms with van der Waals surface area (Å²) in [5.74, 6) is -1.37. The summed E-state index contributed by atoms with van der Waals surface area (Å²) < 4.78 is 27.1. The van der Waals surface area contributed by atoms with E-state index in [1.54, 1.807) is 0 Å². The minimum atomic E-state index is -0.624. The van der Waals surface area contributed by atoms with Crippen molar-refractivity contribution in [3.05, 3.63) is 28.2 Å². The first kappa shape index (κ1) is 14.3. The summed E-state index contributed by atoms with van der Waals surface area (Å²) in [6.07, 6.45) is 4.84. The summed E-state index contributed by atoms with van der Waals surface area (Å²) >= 11 is 3.05. The molecule has 1 aromatic rings. The van der Waals surface area contributed by atoms with Gasteiger partial charge in [-0.3, -0.25) is 0 Å². The number of nitrogens with zero attached hydrogens (tertiary/aromatic N) is 1. The zero-order valence-electron chi connectivity index (χ0n) is 10.4. The van der Waals surface area contributed by atoms with Crippen LogP contribution < -0.4 is 5.32 Å². The van der Waals surface area contributed by atoms with E-state index in [2.05, 4.69) is 27.3 Å². The number of nitrogens with one attached hydrogen (secondary N) is 1. The highest BCUT2D eigenvalue weighted by Crippen LogP contribution is 2.29. The molecule has 0 heterocycles.